The molecular formula is C13H27N. The highest BCUT2D eigenvalue weighted by molar-refractivity contribution is 4.80. The molecule has 14 heavy (non-hydrogen) atoms. The number of rotatable bonds is 5. The molecule has 0 amide bonds. The highest BCUT2D eigenvalue weighted by Gasteiger charge is 2.26. The van der Waals surface area contributed by atoms with Gasteiger partial charge in [-0.25, -0.2) is 0 Å². The molecule has 0 aromatic rings. The van der Waals surface area contributed by atoms with Crippen molar-refractivity contribution in [2.75, 3.05) is 19.6 Å². The van der Waals surface area contributed by atoms with Gasteiger partial charge in [0.25, 0.3) is 0 Å². The van der Waals surface area contributed by atoms with Crippen molar-refractivity contribution in [1.82, 2.24) is 4.90 Å². The number of nitrogens with zero attached hydrogens (tertiary/aromatic N) is 1. The maximum atomic E-state index is 2.67. The minimum Gasteiger partial charge on any atom is -0.302 e. The first kappa shape index (κ1) is 12.0. The second-order valence-corrected chi connectivity index (χ2v) is 6.59. The third-order valence-corrected chi connectivity index (χ3v) is 2.53. The van der Waals surface area contributed by atoms with Crippen LogP contribution < -0.4 is 0 Å². The zero-order chi connectivity index (χ0) is 10.8. The standard InChI is InChI=1S/C13H27N/c1-11(2)8-14(9-12-6-7-12)10-13(3,4)5/h11-12H,6-10H2,1-5H3. The molecule has 1 aliphatic carbocycles. The molecule has 0 atom stereocenters. The van der Waals surface area contributed by atoms with Gasteiger partial charge in [-0.2, -0.15) is 0 Å². The van der Waals surface area contributed by atoms with Gasteiger partial charge in [-0.3, -0.25) is 0 Å². The summed E-state index contributed by atoms with van der Waals surface area (Å²) in [6.07, 6.45) is 2.94. The summed E-state index contributed by atoms with van der Waals surface area (Å²) in [7, 11) is 0. The normalized spacial score (nSPS) is 18.2. The van der Waals surface area contributed by atoms with E-state index >= 15 is 0 Å². The highest BCUT2D eigenvalue weighted by Crippen LogP contribution is 2.31. The minimum absolute atomic E-state index is 0.448. The predicted molar refractivity (Wildman–Crippen MR) is 63.5 cm³/mol. The fourth-order valence-corrected chi connectivity index (χ4v) is 2.06. The Labute approximate surface area is 89.9 Å². The van der Waals surface area contributed by atoms with E-state index in [-0.39, 0.29) is 0 Å². The largest absolute Gasteiger partial charge is 0.302 e. The molecule has 0 N–H and O–H groups in total. The van der Waals surface area contributed by atoms with E-state index in [9.17, 15) is 0 Å². The van der Waals surface area contributed by atoms with Gasteiger partial charge >= 0.3 is 0 Å². The summed E-state index contributed by atoms with van der Waals surface area (Å²) in [5.74, 6) is 1.83. The van der Waals surface area contributed by atoms with Gasteiger partial charge in [0.2, 0.25) is 0 Å². The molecule has 0 saturated heterocycles. The fraction of sp³-hybridized carbons (Fsp3) is 1.00. The lowest BCUT2D eigenvalue weighted by molar-refractivity contribution is 0.168. The van der Waals surface area contributed by atoms with E-state index in [1.807, 2.05) is 0 Å². The van der Waals surface area contributed by atoms with Crippen molar-refractivity contribution in [3.63, 3.8) is 0 Å². The molecule has 1 rings (SSSR count). The lowest BCUT2D eigenvalue weighted by Gasteiger charge is -2.31. The highest BCUT2D eigenvalue weighted by atomic mass is 15.1. The zero-order valence-corrected chi connectivity index (χ0v) is 10.6. The molecule has 0 bridgehead atoms. The van der Waals surface area contributed by atoms with Gasteiger partial charge in [0.1, 0.15) is 0 Å². The second kappa shape index (κ2) is 4.65. The Kier molecular flexibility index (Phi) is 4.00. The molecule has 1 fully saturated rings. The summed E-state index contributed by atoms with van der Waals surface area (Å²) in [4.78, 5) is 2.67. The lowest BCUT2D eigenvalue weighted by Crippen LogP contribution is -2.36. The third-order valence-electron chi connectivity index (χ3n) is 2.53. The molecule has 0 heterocycles. The van der Waals surface area contributed by atoms with Crippen molar-refractivity contribution in [3.8, 4) is 0 Å². The van der Waals surface area contributed by atoms with Crippen LogP contribution in [-0.2, 0) is 0 Å². The third kappa shape index (κ3) is 5.64. The van der Waals surface area contributed by atoms with Gasteiger partial charge in [0.05, 0.1) is 0 Å². The van der Waals surface area contributed by atoms with Crippen LogP contribution in [0.25, 0.3) is 0 Å². The van der Waals surface area contributed by atoms with Crippen LogP contribution in [-0.4, -0.2) is 24.5 Å². The summed E-state index contributed by atoms with van der Waals surface area (Å²) >= 11 is 0. The van der Waals surface area contributed by atoms with Crippen LogP contribution in [0.4, 0.5) is 0 Å². The molecule has 0 spiro atoms. The maximum Gasteiger partial charge on any atom is 0.00303 e. The van der Waals surface area contributed by atoms with E-state index in [2.05, 4.69) is 39.5 Å². The van der Waals surface area contributed by atoms with Crippen LogP contribution in [0.1, 0.15) is 47.5 Å². The van der Waals surface area contributed by atoms with Gasteiger partial charge < -0.3 is 4.90 Å². The van der Waals surface area contributed by atoms with Crippen LogP contribution >= 0.6 is 0 Å². The van der Waals surface area contributed by atoms with Crippen molar-refractivity contribution in [3.05, 3.63) is 0 Å². The van der Waals surface area contributed by atoms with Gasteiger partial charge in [-0.1, -0.05) is 34.6 Å². The Morgan fingerprint density at radius 3 is 2.14 bits per heavy atom. The lowest BCUT2D eigenvalue weighted by atomic mass is 9.95. The molecule has 1 saturated carbocycles. The maximum absolute atomic E-state index is 2.67. The van der Waals surface area contributed by atoms with Crippen LogP contribution in [0.2, 0.25) is 0 Å². The molecule has 0 aromatic carbocycles. The second-order valence-electron chi connectivity index (χ2n) is 6.59. The summed E-state index contributed by atoms with van der Waals surface area (Å²) in [6, 6.07) is 0. The zero-order valence-electron chi connectivity index (χ0n) is 10.6. The van der Waals surface area contributed by atoms with E-state index in [0.717, 1.165) is 11.8 Å². The summed E-state index contributed by atoms with van der Waals surface area (Å²) < 4.78 is 0. The molecule has 0 aromatic heterocycles. The van der Waals surface area contributed by atoms with Crippen molar-refractivity contribution < 1.29 is 0 Å². The quantitative estimate of drug-likeness (QED) is 0.653. The first-order valence-corrected chi connectivity index (χ1v) is 6.09. The Balaban J connectivity index is 2.34. The van der Waals surface area contributed by atoms with E-state index < -0.39 is 0 Å². The summed E-state index contributed by atoms with van der Waals surface area (Å²) in [5.41, 5.74) is 0.448. The fourth-order valence-electron chi connectivity index (χ4n) is 2.06. The molecule has 0 unspecified atom stereocenters. The Hall–Kier alpha value is -0.0400. The minimum atomic E-state index is 0.448. The smallest absolute Gasteiger partial charge is 0.00303 e. The molecule has 1 nitrogen and oxygen atoms in total. The van der Waals surface area contributed by atoms with E-state index in [4.69, 9.17) is 0 Å². The average Bonchev–Trinajstić information content (AvgIpc) is 2.64. The van der Waals surface area contributed by atoms with Crippen molar-refractivity contribution in [2.24, 2.45) is 17.3 Å². The van der Waals surface area contributed by atoms with Gasteiger partial charge in [-0.05, 0) is 30.1 Å². The average molecular weight is 197 g/mol. The predicted octanol–water partition coefficient (Wildman–Crippen LogP) is 3.40. The summed E-state index contributed by atoms with van der Waals surface area (Å²) in [5, 5.41) is 0. The molecule has 84 valence electrons. The Morgan fingerprint density at radius 2 is 1.79 bits per heavy atom. The van der Waals surface area contributed by atoms with Gasteiger partial charge in [0, 0.05) is 19.6 Å². The Morgan fingerprint density at radius 1 is 1.21 bits per heavy atom. The van der Waals surface area contributed by atoms with Crippen molar-refractivity contribution >= 4 is 0 Å². The van der Waals surface area contributed by atoms with Crippen LogP contribution in [0, 0.1) is 17.3 Å². The first-order valence-electron chi connectivity index (χ1n) is 6.09. The molecule has 1 aliphatic rings. The monoisotopic (exact) mass is 197 g/mol. The van der Waals surface area contributed by atoms with Crippen LogP contribution in [0.15, 0.2) is 0 Å². The molecule has 0 radical (unpaired) electrons. The topological polar surface area (TPSA) is 3.24 Å². The van der Waals surface area contributed by atoms with E-state index in [1.54, 1.807) is 0 Å². The summed E-state index contributed by atoms with van der Waals surface area (Å²) in [6.45, 7) is 15.5. The van der Waals surface area contributed by atoms with Crippen molar-refractivity contribution in [1.29, 1.82) is 0 Å². The molecular weight excluding hydrogens is 170 g/mol. The van der Waals surface area contributed by atoms with E-state index in [1.165, 1.54) is 32.5 Å². The van der Waals surface area contributed by atoms with Crippen LogP contribution in [0.3, 0.4) is 0 Å². The Bertz CT molecular complexity index is 159. The van der Waals surface area contributed by atoms with Crippen molar-refractivity contribution in [2.45, 2.75) is 47.5 Å². The first-order chi connectivity index (χ1) is 6.37. The van der Waals surface area contributed by atoms with Gasteiger partial charge in [-0.15, -0.1) is 0 Å². The molecule has 1 heteroatoms. The molecule has 0 aliphatic heterocycles. The number of hydrogen-bond donors (Lipinski definition) is 0. The van der Waals surface area contributed by atoms with Crippen LogP contribution in [0.5, 0.6) is 0 Å². The van der Waals surface area contributed by atoms with Gasteiger partial charge in [0.15, 0.2) is 0 Å². The van der Waals surface area contributed by atoms with E-state index in [0.29, 0.717) is 5.41 Å². The number of hydrogen-bond acceptors (Lipinski definition) is 1. The SMILES string of the molecule is CC(C)CN(CC1CC1)CC(C)(C)C.